The van der Waals surface area contributed by atoms with E-state index in [9.17, 15) is 9.18 Å². The highest BCUT2D eigenvalue weighted by molar-refractivity contribution is 5.93. The molecule has 4 aromatic rings. The first-order chi connectivity index (χ1) is 19.5. The largest absolute Gasteiger partial charge is 0.495 e. The summed E-state index contributed by atoms with van der Waals surface area (Å²) in [6, 6.07) is 22.5. The number of methoxy groups -OCH3 is 1. The predicted molar refractivity (Wildman–Crippen MR) is 155 cm³/mol. The van der Waals surface area contributed by atoms with E-state index in [-0.39, 0.29) is 17.6 Å². The second-order valence-electron chi connectivity index (χ2n) is 10.2. The number of allylic oxidation sites excluding steroid dienone is 2. The number of anilines is 1. The van der Waals surface area contributed by atoms with Gasteiger partial charge >= 0.3 is 0 Å². The Morgan fingerprint density at radius 1 is 1.05 bits per heavy atom. The van der Waals surface area contributed by atoms with Gasteiger partial charge in [0.15, 0.2) is 5.78 Å². The Morgan fingerprint density at radius 3 is 2.58 bits per heavy atom. The first-order valence-corrected chi connectivity index (χ1v) is 13.5. The molecule has 3 aromatic carbocycles. The Labute approximate surface area is 233 Å². The minimum atomic E-state index is -0.288. The van der Waals surface area contributed by atoms with Crippen molar-refractivity contribution in [3.63, 3.8) is 0 Å². The number of nitrogens with zero attached hydrogens (tertiary/aromatic N) is 4. The number of ketones is 1. The standard InChI is InChI=1S/C33H31FN4O2/c1-23-21-36(22-35-23)30-15-10-24(18-33(30)40-2)17-26-9-6-16-37-31(26)19-29(39)20-32(25-7-4-3-5-8-25)38(37)28-13-11-27(34)12-14-28/h3-5,7-8,10-15,17-19,21-22,32H,6,9,16,20H2,1-2H3. The molecule has 1 atom stereocenters. The number of ether oxygens (including phenoxy) is 1. The van der Waals surface area contributed by atoms with E-state index < -0.39 is 0 Å². The number of piperidine rings is 1. The molecule has 7 heteroatoms. The number of hydrogen-bond acceptors (Lipinski definition) is 5. The second-order valence-corrected chi connectivity index (χ2v) is 10.2. The van der Waals surface area contributed by atoms with Gasteiger partial charge in [-0.3, -0.25) is 14.8 Å². The van der Waals surface area contributed by atoms with Crippen LogP contribution in [0.5, 0.6) is 5.75 Å². The van der Waals surface area contributed by atoms with Crippen molar-refractivity contribution in [1.82, 2.24) is 14.6 Å². The average molecular weight is 535 g/mol. The third kappa shape index (κ3) is 5.02. The first kappa shape index (κ1) is 25.6. The van der Waals surface area contributed by atoms with E-state index in [1.54, 1.807) is 31.6 Å². The Balaban J connectivity index is 1.41. The van der Waals surface area contributed by atoms with Crippen LogP contribution in [0.4, 0.5) is 10.1 Å². The summed E-state index contributed by atoms with van der Waals surface area (Å²) in [5.74, 6) is 0.515. The van der Waals surface area contributed by atoms with Gasteiger partial charge in [-0.1, -0.05) is 36.4 Å². The van der Waals surface area contributed by atoms with E-state index in [4.69, 9.17) is 4.74 Å². The Morgan fingerprint density at radius 2 is 1.85 bits per heavy atom. The topological polar surface area (TPSA) is 50.6 Å². The van der Waals surface area contributed by atoms with Crippen LogP contribution in [0.25, 0.3) is 11.8 Å². The van der Waals surface area contributed by atoms with Gasteiger partial charge in [0.25, 0.3) is 0 Å². The van der Waals surface area contributed by atoms with Gasteiger partial charge in [0, 0.05) is 25.2 Å². The zero-order valence-corrected chi connectivity index (χ0v) is 22.6. The Bertz CT molecular complexity index is 1590. The maximum absolute atomic E-state index is 13.9. The van der Waals surface area contributed by atoms with Crippen LogP contribution in [-0.2, 0) is 4.79 Å². The van der Waals surface area contributed by atoms with Gasteiger partial charge in [-0.05, 0) is 78.9 Å². The summed E-state index contributed by atoms with van der Waals surface area (Å²) in [7, 11) is 1.67. The van der Waals surface area contributed by atoms with Gasteiger partial charge in [-0.15, -0.1) is 0 Å². The van der Waals surface area contributed by atoms with Gasteiger partial charge in [0.1, 0.15) is 11.6 Å². The fourth-order valence-corrected chi connectivity index (χ4v) is 5.63. The molecule has 0 amide bonds. The molecule has 0 N–H and O–H groups in total. The number of hydrazine groups is 1. The number of aryl methyl sites for hydroxylation is 1. The van der Waals surface area contributed by atoms with Crippen molar-refractivity contribution < 1.29 is 13.9 Å². The quantitative estimate of drug-likeness (QED) is 0.281. The SMILES string of the molecule is COc1cc(C=C2CCCN3C2=CC(=O)CC(c2ccccc2)N3c2ccc(F)cc2)ccc1-n1cnc(C)c1. The lowest BCUT2D eigenvalue weighted by Gasteiger charge is -2.45. The molecular formula is C33H31FN4O2. The molecular weight excluding hydrogens is 503 g/mol. The van der Waals surface area contributed by atoms with Crippen LogP contribution in [0.15, 0.2) is 103 Å². The number of hydrogen-bond donors (Lipinski definition) is 0. The van der Waals surface area contributed by atoms with Crippen molar-refractivity contribution >= 4 is 17.5 Å². The fraction of sp³-hybridized carbons (Fsp3) is 0.212. The van der Waals surface area contributed by atoms with E-state index in [0.29, 0.717) is 6.42 Å². The summed E-state index contributed by atoms with van der Waals surface area (Å²) in [6.45, 7) is 2.70. The van der Waals surface area contributed by atoms with Crippen LogP contribution < -0.4 is 9.75 Å². The molecule has 0 bridgehead atoms. The lowest BCUT2D eigenvalue weighted by Crippen LogP contribution is -2.46. The highest BCUT2D eigenvalue weighted by atomic mass is 19.1. The lowest BCUT2D eigenvalue weighted by atomic mass is 9.97. The number of imidazole rings is 1. The van der Waals surface area contributed by atoms with Gasteiger partial charge < -0.3 is 9.30 Å². The van der Waals surface area contributed by atoms with Crippen LogP contribution in [0.1, 0.15) is 42.1 Å². The molecule has 202 valence electrons. The van der Waals surface area contributed by atoms with Crippen molar-refractivity contribution in [2.75, 3.05) is 18.7 Å². The molecule has 6 rings (SSSR count). The molecule has 0 radical (unpaired) electrons. The van der Waals surface area contributed by atoms with Crippen LogP contribution in [0.3, 0.4) is 0 Å². The van der Waals surface area contributed by atoms with Crippen LogP contribution >= 0.6 is 0 Å². The molecule has 1 aromatic heterocycles. The molecule has 0 saturated carbocycles. The monoisotopic (exact) mass is 534 g/mol. The summed E-state index contributed by atoms with van der Waals surface area (Å²) in [5, 5.41) is 4.37. The number of carbonyl (C=O) groups is 1. The maximum atomic E-state index is 13.9. The molecule has 3 heterocycles. The van der Waals surface area contributed by atoms with Gasteiger partial charge in [-0.2, -0.15) is 0 Å². The van der Waals surface area contributed by atoms with Crippen molar-refractivity contribution in [1.29, 1.82) is 0 Å². The Hall–Kier alpha value is -4.65. The van der Waals surface area contributed by atoms with Gasteiger partial charge in [0.2, 0.25) is 0 Å². The molecule has 40 heavy (non-hydrogen) atoms. The van der Waals surface area contributed by atoms with Crippen molar-refractivity contribution in [3.05, 3.63) is 125 Å². The summed E-state index contributed by atoms with van der Waals surface area (Å²) < 4.78 is 21.6. The third-order valence-electron chi connectivity index (χ3n) is 7.48. The molecule has 0 spiro atoms. The average Bonchev–Trinajstić information content (AvgIpc) is 3.34. The number of rotatable bonds is 5. The molecule has 2 aliphatic heterocycles. The molecule has 6 nitrogen and oxygen atoms in total. The highest BCUT2D eigenvalue weighted by Crippen LogP contribution is 2.41. The molecule has 1 fully saturated rings. The molecule has 0 aliphatic carbocycles. The maximum Gasteiger partial charge on any atom is 0.160 e. The van der Waals surface area contributed by atoms with E-state index in [1.165, 1.54) is 12.1 Å². The Kier molecular flexibility index (Phi) is 6.95. The predicted octanol–water partition coefficient (Wildman–Crippen LogP) is 6.83. The lowest BCUT2D eigenvalue weighted by molar-refractivity contribution is -0.114. The molecule has 1 unspecified atom stereocenters. The van der Waals surface area contributed by atoms with Crippen LogP contribution in [-0.4, -0.2) is 34.0 Å². The van der Waals surface area contributed by atoms with E-state index in [2.05, 4.69) is 39.3 Å². The van der Waals surface area contributed by atoms with Crippen molar-refractivity contribution in [3.8, 4) is 11.4 Å². The smallest absolute Gasteiger partial charge is 0.160 e. The minimum Gasteiger partial charge on any atom is -0.495 e. The van der Waals surface area contributed by atoms with E-state index in [0.717, 1.165) is 64.6 Å². The van der Waals surface area contributed by atoms with E-state index in [1.807, 2.05) is 48.0 Å². The summed E-state index contributed by atoms with van der Waals surface area (Å²) in [5.41, 5.74) is 6.67. The summed E-state index contributed by atoms with van der Waals surface area (Å²) in [4.78, 5) is 17.7. The fourth-order valence-electron chi connectivity index (χ4n) is 5.63. The van der Waals surface area contributed by atoms with Crippen LogP contribution in [0, 0.1) is 12.7 Å². The third-order valence-corrected chi connectivity index (χ3v) is 7.48. The zero-order chi connectivity index (χ0) is 27.6. The van der Waals surface area contributed by atoms with Gasteiger partial charge in [0.05, 0.1) is 42.2 Å². The second kappa shape index (κ2) is 10.8. The van der Waals surface area contributed by atoms with Crippen LogP contribution in [0.2, 0.25) is 0 Å². The van der Waals surface area contributed by atoms with Crippen molar-refractivity contribution in [2.45, 2.75) is 32.2 Å². The highest BCUT2D eigenvalue weighted by Gasteiger charge is 2.35. The van der Waals surface area contributed by atoms with E-state index >= 15 is 0 Å². The zero-order valence-electron chi connectivity index (χ0n) is 22.6. The number of fused-ring (bicyclic) bond motifs is 1. The van der Waals surface area contributed by atoms with Gasteiger partial charge in [-0.25, -0.2) is 9.37 Å². The minimum absolute atomic E-state index is 0.0645. The summed E-state index contributed by atoms with van der Waals surface area (Å²) >= 11 is 0. The number of benzene rings is 3. The first-order valence-electron chi connectivity index (χ1n) is 13.5. The summed E-state index contributed by atoms with van der Waals surface area (Å²) in [6.07, 6.45) is 9.74. The number of halogens is 1. The molecule has 1 saturated heterocycles. The number of aromatic nitrogens is 2. The normalized spacial score (nSPS) is 18.4. The van der Waals surface area contributed by atoms with Crippen molar-refractivity contribution in [2.24, 2.45) is 0 Å². The molecule has 2 aliphatic rings. The number of carbonyl (C=O) groups excluding carboxylic acids is 1.